The number of rotatable bonds is 7. The second kappa shape index (κ2) is 12.4. The van der Waals surface area contributed by atoms with Gasteiger partial charge in [0, 0.05) is 41.5 Å². The molecule has 43 heavy (non-hydrogen) atoms. The van der Waals surface area contributed by atoms with Crippen LogP contribution in [0.3, 0.4) is 0 Å². The Kier molecular flexibility index (Phi) is 8.70. The zero-order valence-electron chi connectivity index (χ0n) is 24.0. The summed E-state index contributed by atoms with van der Waals surface area (Å²) >= 11 is 12.2. The van der Waals surface area contributed by atoms with Crippen LogP contribution in [0.25, 0.3) is 5.69 Å². The molecule has 0 spiro atoms. The van der Waals surface area contributed by atoms with Crippen molar-refractivity contribution in [2.24, 2.45) is 0 Å². The minimum atomic E-state index is -0.360. The summed E-state index contributed by atoms with van der Waals surface area (Å²) in [7, 11) is 3.10. The van der Waals surface area contributed by atoms with Gasteiger partial charge in [0.1, 0.15) is 0 Å². The van der Waals surface area contributed by atoms with Crippen molar-refractivity contribution in [3.8, 4) is 11.6 Å². The van der Waals surface area contributed by atoms with E-state index in [1.807, 2.05) is 19.9 Å². The average molecular weight is 622 g/mol. The number of fused-ring (bicyclic) bond motifs is 1. The van der Waals surface area contributed by atoms with Gasteiger partial charge >= 0.3 is 0 Å². The highest BCUT2D eigenvalue weighted by Gasteiger charge is 2.32. The van der Waals surface area contributed by atoms with Gasteiger partial charge in [-0.25, -0.2) is 14.5 Å². The molecule has 2 aromatic heterocycles. The number of hydrogen-bond acceptors (Lipinski definition) is 7. The van der Waals surface area contributed by atoms with E-state index in [0.29, 0.717) is 45.4 Å². The van der Waals surface area contributed by atoms with Gasteiger partial charge in [0.2, 0.25) is 11.8 Å². The molecular weight excluding hydrogens is 591 g/mol. The van der Waals surface area contributed by atoms with E-state index < -0.39 is 0 Å². The fourth-order valence-corrected chi connectivity index (χ4v) is 5.44. The standard InChI is InChI=1S/C31H30Cl2N6O4/c1-17-14-23-26(16-38(17)29(41)20-9-12-24(32)25(33)15-20)37-31(36-18(2)22-6-5-13-35-28(22)43-4)39(30(23)42)21-10-7-19(8-11-21)27(40)34-3/h5-13,15,17-18H,14,16H2,1-4H3,(H,34,40)(H,36,37)/t17-,18+/m1/s1. The maximum absolute atomic E-state index is 14.2. The molecule has 0 bridgehead atoms. The Bertz CT molecular complexity index is 1760. The van der Waals surface area contributed by atoms with Gasteiger partial charge in [-0.05, 0) is 68.8 Å². The van der Waals surface area contributed by atoms with Gasteiger partial charge in [-0.1, -0.05) is 29.3 Å². The molecule has 0 saturated heterocycles. The van der Waals surface area contributed by atoms with Gasteiger partial charge in [-0.15, -0.1) is 0 Å². The molecule has 222 valence electrons. The maximum Gasteiger partial charge on any atom is 0.263 e. The first-order chi connectivity index (χ1) is 20.6. The van der Waals surface area contributed by atoms with E-state index in [1.165, 1.54) is 10.6 Å². The predicted octanol–water partition coefficient (Wildman–Crippen LogP) is 5.06. The fraction of sp³-hybridized carbons (Fsp3) is 0.258. The molecule has 0 fully saturated rings. The van der Waals surface area contributed by atoms with Crippen LogP contribution in [0.5, 0.6) is 5.88 Å². The Morgan fingerprint density at radius 1 is 1.07 bits per heavy atom. The van der Waals surface area contributed by atoms with E-state index in [1.54, 1.807) is 67.7 Å². The Morgan fingerprint density at radius 2 is 1.79 bits per heavy atom. The van der Waals surface area contributed by atoms with E-state index in [2.05, 4.69) is 15.6 Å². The van der Waals surface area contributed by atoms with Crippen LogP contribution in [-0.4, -0.2) is 51.4 Å². The van der Waals surface area contributed by atoms with E-state index in [0.717, 1.165) is 5.56 Å². The van der Waals surface area contributed by atoms with Crippen LogP contribution in [-0.2, 0) is 13.0 Å². The van der Waals surface area contributed by atoms with Gasteiger partial charge in [-0.3, -0.25) is 14.4 Å². The first-order valence-electron chi connectivity index (χ1n) is 13.6. The highest BCUT2D eigenvalue weighted by Crippen LogP contribution is 2.29. The van der Waals surface area contributed by atoms with Crippen LogP contribution < -0.4 is 20.9 Å². The monoisotopic (exact) mass is 620 g/mol. The van der Waals surface area contributed by atoms with Gasteiger partial charge < -0.3 is 20.3 Å². The molecule has 4 aromatic rings. The van der Waals surface area contributed by atoms with E-state index in [4.69, 9.17) is 32.9 Å². The highest BCUT2D eigenvalue weighted by molar-refractivity contribution is 6.42. The lowest BCUT2D eigenvalue weighted by Gasteiger charge is -2.35. The van der Waals surface area contributed by atoms with Crippen LogP contribution in [0.4, 0.5) is 5.95 Å². The summed E-state index contributed by atoms with van der Waals surface area (Å²) in [5.41, 5.74) is 2.88. The molecule has 12 heteroatoms. The summed E-state index contributed by atoms with van der Waals surface area (Å²) in [5, 5.41) is 6.60. The normalized spacial score (nSPS) is 14.9. The number of amides is 2. The molecule has 1 aliphatic heterocycles. The number of aromatic nitrogens is 3. The van der Waals surface area contributed by atoms with Crippen LogP contribution in [0.15, 0.2) is 65.6 Å². The third kappa shape index (κ3) is 5.93. The van der Waals surface area contributed by atoms with Crippen molar-refractivity contribution in [3.63, 3.8) is 0 Å². The Hall–Kier alpha value is -4.41. The van der Waals surface area contributed by atoms with Gasteiger partial charge in [0.15, 0.2) is 0 Å². The zero-order chi connectivity index (χ0) is 30.8. The largest absolute Gasteiger partial charge is 0.481 e. The van der Waals surface area contributed by atoms with Gasteiger partial charge in [0.05, 0.1) is 41.1 Å². The van der Waals surface area contributed by atoms with Gasteiger partial charge in [-0.2, -0.15) is 0 Å². The molecule has 2 aromatic carbocycles. The molecule has 0 radical (unpaired) electrons. The van der Waals surface area contributed by atoms with Crippen LogP contribution >= 0.6 is 23.2 Å². The second-order valence-electron chi connectivity index (χ2n) is 10.2. The number of pyridine rings is 1. The van der Waals surface area contributed by atoms with E-state index in [-0.39, 0.29) is 47.0 Å². The summed E-state index contributed by atoms with van der Waals surface area (Å²) in [4.78, 5) is 50.7. The Morgan fingerprint density at radius 3 is 2.47 bits per heavy atom. The number of halogens is 2. The van der Waals surface area contributed by atoms with Crippen molar-refractivity contribution in [2.45, 2.75) is 38.9 Å². The topological polar surface area (TPSA) is 118 Å². The summed E-state index contributed by atoms with van der Waals surface area (Å²) < 4.78 is 6.94. The number of nitrogens with zero attached hydrogens (tertiary/aromatic N) is 4. The summed E-state index contributed by atoms with van der Waals surface area (Å²) in [6, 6.07) is 14.5. The highest BCUT2D eigenvalue weighted by atomic mass is 35.5. The van der Waals surface area contributed by atoms with E-state index >= 15 is 0 Å². The first-order valence-corrected chi connectivity index (χ1v) is 14.4. The minimum absolute atomic E-state index is 0.126. The second-order valence-corrected chi connectivity index (χ2v) is 11.0. The molecule has 0 aliphatic carbocycles. The molecule has 10 nitrogen and oxygen atoms in total. The van der Waals surface area contributed by atoms with Gasteiger partial charge in [0.25, 0.3) is 17.4 Å². The number of anilines is 1. The van der Waals surface area contributed by atoms with E-state index in [9.17, 15) is 14.4 Å². The first kappa shape index (κ1) is 30.1. The molecular formula is C31H30Cl2N6O4. The number of nitrogens with one attached hydrogen (secondary N) is 2. The third-order valence-corrected chi connectivity index (χ3v) is 8.20. The third-order valence-electron chi connectivity index (χ3n) is 7.46. The lowest BCUT2D eigenvalue weighted by molar-refractivity contribution is 0.0653. The number of methoxy groups -OCH3 is 1. The SMILES string of the molecule is CNC(=O)c1ccc(-n2c(N[C@@H](C)c3cccnc3OC)nc3c(c2=O)C[C@@H](C)N(C(=O)c2ccc(Cl)c(Cl)c2)C3)cc1. The lowest BCUT2D eigenvalue weighted by atomic mass is 9.98. The predicted molar refractivity (Wildman–Crippen MR) is 166 cm³/mol. The number of hydrogen-bond donors (Lipinski definition) is 2. The van der Waals surface area contributed by atoms with Crippen LogP contribution in [0.2, 0.25) is 10.0 Å². The van der Waals surface area contributed by atoms with Crippen molar-refractivity contribution in [1.29, 1.82) is 0 Å². The Balaban J connectivity index is 1.59. The number of benzene rings is 2. The summed E-state index contributed by atoms with van der Waals surface area (Å²) in [5.74, 6) is 0.233. The fourth-order valence-electron chi connectivity index (χ4n) is 5.14. The molecule has 2 amide bonds. The van der Waals surface area contributed by atoms with Crippen molar-refractivity contribution >= 4 is 41.0 Å². The van der Waals surface area contributed by atoms with Crippen molar-refractivity contribution in [1.82, 2.24) is 24.8 Å². The molecule has 3 heterocycles. The lowest BCUT2D eigenvalue weighted by Crippen LogP contribution is -2.46. The molecule has 5 rings (SSSR count). The number of carbonyl (C=O) groups excluding carboxylic acids is 2. The number of carbonyl (C=O) groups is 2. The molecule has 2 atom stereocenters. The smallest absolute Gasteiger partial charge is 0.263 e. The molecule has 0 unspecified atom stereocenters. The van der Waals surface area contributed by atoms with Crippen molar-refractivity contribution in [3.05, 3.63) is 109 Å². The number of ether oxygens (including phenoxy) is 1. The maximum atomic E-state index is 14.2. The van der Waals surface area contributed by atoms with Crippen molar-refractivity contribution < 1.29 is 14.3 Å². The quantitative estimate of drug-likeness (QED) is 0.296. The van der Waals surface area contributed by atoms with Crippen LogP contribution in [0, 0.1) is 0 Å². The average Bonchev–Trinajstić information content (AvgIpc) is 3.02. The van der Waals surface area contributed by atoms with Crippen LogP contribution in [0.1, 0.15) is 57.4 Å². The minimum Gasteiger partial charge on any atom is -0.481 e. The molecule has 1 aliphatic rings. The summed E-state index contributed by atoms with van der Waals surface area (Å²) in [6.07, 6.45) is 1.94. The molecule has 2 N–H and O–H groups in total. The zero-order valence-corrected chi connectivity index (χ0v) is 25.5. The van der Waals surface area contributed by atoms with Crippen molar-refractivity contribution in [2.75, 3.05) is 19.5 Å². The Labute approximate surface area is 258 Å². The molecule has 0 saturated carbocycles. The summed E-state index contributed by atoms with van der Waals surface area (Å²) in [6.45, 7) is 3.93.